The number of rotatable bonds is 5. The predicted molar refractivity (Wildman–Crippen MR) is 151 cm³/mol. The molecule has 11 heteroatoms. The Morgan fingerprint density at radius 3 is 2.66 bits per heavy atom. The number of ether oxygens (including phenoxy) is 2. The monoisotopic (exact) mass is 550 g/mol. The largest absolute Gasteiger partial charge is 0.506 e. The van der Waals surface area contributed by atoms with Crippen molar-refractivity contribution in [3.8, 4) is 22.6 Å². The molecule has 0 spiro atoms. The summed E-state index contributed by atoms with van der Waals surface area (Å²) in [5.41, 5.74) is 11.4. The highest BCUT2D eigenvalue weighted by Crippen LogP contribution is 2.47. The molecule has 0 atom stereocenters. The molecule has 0 saturated carbocycles. The number of nitrogens with zero attached hydrogens (tertiary/aromatic N) is 4. The second-order valence-corrected chi connectivity index (χ2v) is 9.66. The van der Waals surface area contributed by atoms with Gasteiger partial charge in [0.1, 0.15) is 23.0 Å². The molecule has 4 N–H and O–H groups in total. The number of imidazole rings is 1. The summed E-state index contributed by atoms with van der Waals surface area (Å²) >= 11 is 13.1. The maximum absolute atomic E-state index is 10.4. The molecule has 38 heavy (non-hydrogen) atoms. The van der Waals surface area contributed by atoms with Crippen LogP contribution in [0.25, 0.3) is 27.7 Å². The van der Waals surface area contributed by atoms with Gasteiger partial charge >= 0.3 is 0 Å². The second-order valence-electron chi connectivity index (χ2n) is 8.90. The Labute approximate surface area is 228 Å². The number of nitrogens with two attached hydrogens (primary N) is 1. The van der Waals surface area contributed by atoms with E-state index in [1.807, 2.05) is 40.9 Å². The molecule has 0 unspecified atom stereocenters. The molecule has 0 radical (unpaired) electrons. The van der Waals surface area contributed by atoms with Gasteiger partial charge in [-0.15, -0.1) is 0 Å². The van der Waals surface area contributed by atoms with Crippen molar-refractivity contribution >= 4 is 62.6 Å². The standard InChI is InChI=1S/C27H24Cl2N6O3/c1-37-22-13-21(36)25(28)24(26(22)29)17-10-15-14-32-23(12-20(15)35-5-4-31-27(17)35)33-19-3-2-16(11-18(19)30)34-6-8-38-9-7-34/h2-5,10-14,36H,6-9,30H2,1H3,(H,32,33). The van der Waals surface area contributed by atoms with Crippen molar-refractivity contribution in [3.63, 3.8) is 0 Å². The molecule has 1 aliphatic heterocycles. The van der Waals surface area contributed by atoms with Crippen molar-refractivity contribution in [2.24, 2.45) is 0 Å². The number of hydrogen-bond donors (Lipinski definition) is 3. The van der Waals surface area contributed by atoms with E-state index in [1.54, 1.807) is 12.4 Å². The van der Waals surface area contributed by atoms with Gasteiger partial charge in [0.2, 0.25) is 0 Å². The minimum Gasteiger partial charge on any atom is -0.506 e. The lowest BCUT2D eigenvalue weighted by Gasteiger charge is -2.29. The van der Waals surface area contributed by atoms with E-state index in [4.69, 9.17) is 38.4 Å². The van der Waals surface area contributed by atoms with E-state index >= 15 is 0 Å². The number of nitrogen functional groups attached to an aromatic ring is 1. The molecule has 1 fully saturated rings. The fourth-order valence-corrected chi connectivity index (χ4v) is 5.38. The van der Waals surface area contributed by atoms with Crippen LogP contribution in [0, 0.1) is 0 Å². The summed E-state index contributed by atoms with van der Waals surface area (Å²) in [5, 5.41) is 14.9. The Hall–Kier alpha value is -3.92. The number of phenols is 1. The quantitative estimate of drug-likeness (QED) is 0.238. The maximum Gasteiger partial charge on any atom is 0.145 e. The fourth-order valence-electron chi connectivity index (χ4n) is 4.75. The lowest BCUT2D eigenvalue weighted by Crippen LogP contribution is -2.36. The molecule has 0 bridgehead atoms. The zero-order chi connectivity index (χ0) is 26.4. The number of aromatic hydroxyl groups is 1. The van der Waals surface area contributed by atoms with E-state index in [1.165, 1.54) is 13.2 Å². The van der Waals surface area contributed by atoms with Crippen molar-refractivity contribution in [2.45, 2.75) is 0 Å². The summed E-state index contributed by atoms with van der Waals surface area (Å²) in [5.74, 6) is 0.798. The van der Waals surface area contributed by atoms with E-state index in [0.29, 0.717) is 47.2 Å². The minimum atomic E-state index is -0.136. The van der Waals surface area contributed by atoms with Crippen molar-refractivity contribution in [2.75, 3.05) is 49.4 Å². The zero-order valence-electron chi connectivity index (χ0n) is 20.4. The van der Waals surface area contributed by atoms with Crippen LogP contribution >= 0.6 is 23.2 Å². The maximum atomic E-state index is 10.4. The number of nitrogens with one attached hydrogen (secondary N) is 1. The van der Waals surface area contributed by atoms with Crippen LogP contribution in [0.15, 0.2) is 55.0 Å². The first kappa shape index (κ1) is 24.4. The Balaban J connectivity index is 1.40. The third-order valence-corrected chi connectivity index (χ3v) is 7.42. The summed E-state index contributed by atoms with van der Waals surface area (Å²) in [6.07, 6.45) is 5.29. The zero-order valence-corrected chi connectivity index (χ0v) is 21.9. The SMILES string of the molecule is COc1cc(O)c(Cl)c(-c2cc3cnc(Nc4ccc(N5CCOCC5)cc4N)cc3n3ccnc23)c1Cl. The van der Waals surface area contributed by atoms with E-state index in [-0.39, 0.29) is 15.8 Å². The average Bonchev–Trinajstić information content (AvgIpc) is 3.43. The Morgan fingerprint density at radius 1 is 1.08 bits per heavy atom. The highest BCUT2D eigenvalue weighted by Gasteiger charge is 2.22. The normalized spacial score (nSPS) is 13.8. The molecule has 0 aliphatic carbocycles. The molecular formula is C27H24Cl2N6O3. The van der Waals surface area contributed by atoms with Crippen LogP contribution in [-0.2, 0) is 4.74 Å². The summed E-state index contributed by atoms with van der Waals surface area (Å²) in [7, 11) is 1.48. The number of morpholine rings is 1. The van der Waals surface area contributed by atoms with Crippen molar-refractivity contribution < 1.29 is 14.6 Å². The average molecular weight is 551 g/mol. The number of benzene rings is 2. The second kappa shape index (κ2) is 9.75. The highest BCUT2D eigenvalue weighted by molar-refractivity contribution is 6.41. The number of anilines is 4. The van der Waals surface area contributed by atoms with Crippen molar-refractivity contribution in [1.82, 2.24) is 14.4 Å². The van der Waals surface area contributed by atoms with Crippen molar-refractivity contribution in [3.05, 3.63) is 65.0 Å². The summed E-state index contributed by atoms with van der Waals surface area (Å²) in [6.45, 7) is 3.10. The molecule has 1 aliphatic rings. The number of pyridine rings is 2. The molecule has 9 nitrogen and oxygen atoms in total. The van der Waals surface area contributed by atoms with Crippen LogP contribution in [0.4, 0.5) is 22.9 Å². The first-order valence-corrected chi connectivity index (χ1v) is 12.7. The fraction of sp³-hybridized carbons (Fsp3) is 0.185. The first-order valence-electron chi connectivity index (χ1n) is 11.9. The van der Waals surface area contributed by atoms with Crippen LogP contribution in [0.2, 0.25) is 10.0 Å². The van der Waals surface area contributed by atoms with Gasteiger partial charge in [-0.3, -0.25) is 4.40 Å². The molecule has 1 saturated heterocycles. The van der Waals surface area contributed by atoms with E-state index in [2.05, 4.69) is 20.2 Å². The van der Waals surface area contributed by atoms with Gasteiger partial charge in [-0.2, -0.15) is 0 Å². The van der Waals surface area contributed by atoms with Crippen LogP contribution in [0.5, 0.6) is 11.5 Å². The van der Waals surface area contributed by atoms with Crippen LogP contribution in [0.1, 0.15) is 0 Å². The Morgan fingerprint density at radius 2 is 1.89 bits per heavy atom. The third kappa shape index (κ3) is 4.18. The minimum absolute atomic E-state index is 0.113. The van der Waals surface area contributed by atoms with E-state index in [9.17, 15) is 5.11 Å². The molecule has 3 aromatic heterocycles. The van der Waals surface area contributed by atoms with Gasteiger partial charge in [0, 0.05) is 66.0 Å². The molecular weight excluding hydrogens is 527 g/mol. The number of halogens is 2. The summed E-state index contributed by atoms with van der Waals surface area (Å²) < 4.78 is 12.7. The van der Waals surface area contributed by atoms with Crippen LogP contribution in [-0.4, -0.2) is 52.9 Å². The van der Waals surface area contributed by atoms with Gasteiger partial charge in [0.05, 0.1) is 47.3 Å². The number of methoxy groups -OCH3 is 1. The number of hydrogen-bond acceptors (Lipinski definition) is 8. The van der Waals surface area contributed by atoms with Gasteiger partial charge < -0.3 is 30.5 Å². The lowest BCUT2D eigenvalue weighted by atomic mass is 10.0. The Kier molecular flexibility index (Phi) is 6.27. The van der Waals surface area contributed by atoms with Gasteiger partial charge in [0.15, 0.2) is 0 Å². The smallest absolute Gasteiger partial charge is 0.145 e. The Bertz CT molecular complexity index is 1680. The summed E-state index contributed by atoms with van der Waals surface area (Å²) in [4.78, 5) is 11.4. The van der Waals surface area contributed by atoms with E-state index in [0.717, 1.165) is 35.4 Å². The topological polar surface area (TPSA) is 110 Å². The van der Waals surface area contributed by atoms with Gasteiger partial charge in [-0.1, -0.05) is 23.2 Å². The van der Waals surface area contributed by atoms with Gasteiger partial charge in [0.25, 0.3) is 0 Å². The molecule has 4 heterocycles. The molecule has 0 amide bonds. The lowest BCUT2D eigenvalue weighted by molar-refractivity contribution is 0.122. The number of aromatic nitrogens is 3. The van der Waals surface area contributed by atoms with Crippen molar-refractivity contribution in [1.29, 1.82) is 0 Å². The van der Waals surface area contributed by atoms with Gasteiger partial charge in [-0.05, 0) is 24.3 Å². The predicted octanol–water partition coefficient (Wildman–Crippen LogP) is 5.73. The molecule has 194 valence electrons. The van der Waals surface area contributed by atoms with Crippen LogP contribution < -0.4 is 20.7 Å². The number of phenolic OH excluding ortho intramolecular Hbond substituents is 1. The van der Waals surface area contributed by atoms with Gasteiger partial charge in [-0.25, -0.2) is 9.97 Å². The third-order valence-electron chi connectivity index (χ3n) is 6.66. The molecule has 5 aromatic rings. The first-order chi connectivity index (χ1) is 18.4. The number of fused-ring (bicyclic) bond motifs is 3. The molecule has 2 aromatic carbocycles. The highest BCUT2D eigenvalue weighted by atomic mass is 35.5. The summed E-state index contributed by atoms with van der Waals surface area (Å²) in [6, 6.07) is 11.2. The molecule has 6 rings (SSSR count). The van der Waals surface area contributed by atoms with Crippen LogP contribution in [0.3, 0.4) is 0 Å². The van der Waals surface area contributed by atoms with E-state index < -0.39 is 0 Å².